The number of hydrogen-bond acceptors (Lipinski definition) is 3. The maximum absolute atomic E-state index is 11.2. The Hall–Kier alpha value is -1.51. The van der Waals surface area contributed by atoms with Crippen molar-refractivity contribution in [1.29, 1.82) is 0 Å². The first kappa shape index (κ1) is 7.16. The fraction of sp³-hybridized carbons (Fsp3) is 0.222. The molecule has 0 fully saturated rings. The lowest BCUT2D eigenvalue weighted by Gasteiger charge is -2.22. The third-order valence-electron chi connectivity index (χ3n) is 1.67. The van der Waals surface area contributed by atoms with Crippen LogP contribution in [-0.2, 0) is 4.74 Å². The zero-order valence-corrected chi connectivity index (χ0v) is 6.61. The van der Waals surface area contributed by atoms with E-state index < -0.39 is 6.29 Å². The van der Waals surface area contributed by atoms with E-state index in [1.165, 1.54) is 0 Å². The Kier molecular flexibility index (Phi) is 1.50. The Morgan fingerprint density at radius 1 is 1.25 bits per heavy atom. The second-order valence-electron chi connectivity index (χ2n) is 2.59. The Balaban J connectivity index is 2.47. The predicted molar refractivity (Wildman–Crippen MR) is 41.9 cm³/mol. The molecule has 0 saturated heterocycles. The van der Waals surface area contributed by atoms with Gasteiger partial charge in [0, 0.05) is 6.92 Å². The van der Waals surface area contributed by atoms with Gasteiger partial charge in [-0.3, -0.25) is 0 Å². The molecule has 1 heterocycles. The van der Waals surface area contributed by atoms with Crippen LogP contribution in [-0.4, -0.2) is 12.3 Å². The fourth-order valence-electron chi connectivity index (χ4n) is 1.16. The van der Waals surface area contributed by atoms with Crippen molar-refractivity contribution in [3.05, 3.63) is 29.8 Å². The molecule has 62 valence electrons. The molecule has 0 aromatic heterocycles. The van der Waals surface area contributed by atoms with Gasteiger partial charge in [0.2, 0.25) is 6.29 Å². The number of carbonyl (C=O) groups excluding carboxylic acids is 1. The lowest BCUT2D eigenvalue weighted by atomic mass is 10.2. The molecule has 3 heteroatoms. The van der Waals surface area contributed by atoms with E-state index in [1.54, 1.807) is 25.1 Å². The van der Waals surface area contributed by atoms with Crippen molar-refractivity contribution in [2.45, 2.75) is 13.2 Å². The van der Waals surface area contributed by atoms with E-state index >= 15 is 0 Å². The summed E-state index contributed by atoms with van der Waals surface area (Å²) >= 11 is 0. The minimum atomic E-state index is -0.479. The topological polar surface area (TPSA) is 35.5 Å². The monoisotopic (exact) mass is 164 g/mol. The molecule has 0 bridgehead atoms. The van der Waals surface area contributed by atoms with Gasteiger partial charge in [-0.2, -0.15) is 0 Å². The van der Waals surface area contributed by atoms with Crippen LogP contribution in [0.1, 0.15) is 17.3 Å². The third-order valence-corrected chi connectivity index (χ3v) is 1.67. The molecule has 0 amide bonds. The molecular formula is C9H8O3. The predicted octanol–water partition coefficient (Wildman–Crippen LogP) is 1.58. The molecule has 1 aromatic rings. The number of ether oxygens (including phenoxy) is 2. The highest BCUT2D eigenvalue weighted by Crippen LogP contribution is 2.24. The second kappa shape index (κ2) is 2.52. The van der Waals surface area contributed by atoms with E-state index in [9.17, 15) is 4.79 Å². The summed E-state index contributed by atoms with van der Waals surface area (Å²) in [6.07, 6.45) is -0.479. The summed E-state index contributed by atoms with van der Waals surface area (Å²) in [5, 5.41) is 0. The first-order valence-electron chi connectivity index (χ1n) is 3.74. The van der Waals surface area contributed by atoms with Crippen LogP contribution < -0.4 is 4.74 Å². The highest BCUT2D eigenvalue weighted by Gasteiger charge is 2.23. The quantitative estimate of drug-likeness (QED) is 0.546. The molecule has 1 atom stereocenters. The van der Waals surface area contributed by atoms with E-state index in [4.69, 9.17) is 9.47 Å². The Bertz CT molecular complexity index is 319. The van der Waals surface area contributed by atoms with Gasteiger partial charge in [-0.25, -0.2) is 4.79 Å². The number of para-hydroxylation sites is 1. The van der Waals surface area contributed by atoms with Gasteiger partial charge in [0.25, 0.3) is 0 Å². The summed E-state index contributed by atoms with van der Waals surface area (Å²) in [6.45, 7) is 1.69. The first-order valence-corrected chi connectivity index (χ1v) is 3.74. The molecule has 0 spiro atoms. The van der Waals surface area contributed by atoms with Gasteiger partial charge < -0.3 is 9.47 Å². The zero-order valence-electron chi connectivity index (χ0n) is 6.61. The maximum atomic E-state index is 11.2. The molecule has 1 aromatic carbocycles. The van der Waals surface area contributed by atoms with Gasteiger partial charge in [0.1, 0.15) is 11.3 Å². The number of carbonyl (C=O) groups is 1. The fourth-order valence-corrected chi connectivity index (χ4v) is 1.16. The Labute approximate surface area is 69.9 Å². The number of benzene rings is 1. The Morgan fingerprint density at radius 2 is 2.00 bits per heavy atom. The molecule has 2 rings (SSSR count). The minimum absolute atomic E-state index is 0.315. The van der Waals surface area contributed by atoms with Crippen molar-refractivity contribution < 1.29 is 14.3 Å². The zero-order chi connectivity index (χ0) is 8.55. The number of rotatable bonds is 0. The lowest BCUT2D eigenvalue weighted by molar-refractivity contribution is -0.0488. The van der Waals surface area contributed by atoms with Crippen molar-refractivity contribution >= 4 is 5.97 Å². The number of fused-ring (bicyclic) bond motifs is 1. The number of hydrogen-bond donors (Lipinski definition) is 0. The smallest absolute Gasteiger partial charge is 0.344 e. The molecule has 0 N–H and O–H groups in total. The highest BCUT2D eigenvalue weighted by molar-refractivity contribution is 5.93. The molecule has 0 radical (unpaired) electrons. The summed E-state index contributed by atoms with van der Waals surface area (Å²) in [6, 6.07) is 7.04. The van der Waals surface area contributed by atoms with E-state index in [0.717, 1.165) is 0 Å². The van der Waals surface area contributed by atoms with Gasteiger partial charge in [-0.15, -0.1) is 0 Å². The van der Waals surface area contributed by atoms with Gasteiger partial charge in [-0.05, 0) is 12.1 Å². The molecule has 0 saturated carbocycles. The van der Waals surface area contributed by atoms with Crippen LogP contribution in [0.3, 0.4) is 0 Å². The van der Waals surface area contributed by atoms with Gasteiger partial charge >= 0.3 is 5.97 Å². The summed E-state index contributed by atoms with van der Waals surface area (Å²) in [5.74, 6) is 0.283. The highest BCUT2D eigenvalue weighted by atomic mass is 16.7. The third kappa shape index (κ3) is 1.03. The van der Waals surface area contributed by atoms with Crippen LogP contribution in [0.2, 0.25) is 0 Å². The average Bonchev–Trinajstić information content (AvgIpc) is 2.04. The number of cyclic esters (lactones) is 1. The van der Waals surface area contributed by atoms with Crippen LogP contribution in [0, 0.1) is 0 Å². The van der Waals surface area contributed by atoms with Gasteiger partial charge in [0.05, 0.1) is 0 Å². The standard InChI is InChI=1S/C9H8O3/c1-6-11-8-5-3-2-4-7(8)9(10)12-6/h2-6H,1H3. The van der Waals surface area contributed by atoms with Gasteiger partial charge in [0.15, 0.2) is 0 Å². The molecule has 1 aliphatic rings. The SMILES string of the molecule is CC1OC(=O)c2ccccc2O1. The van der Waals surface area contributed by atoms with Crippen LogP contribution in [0.4, 0.5) is 0 Å². The molecule has 1 aliphatic heterocycles. The minimum Gasteiger partial charge on any atom is -0.454 e. The summed E-state index contributed by atoms with van der Waals surface area (Å²) in [5.41, 5.74) is 0.496. The van der Waals surface area contributed by atoms with Crippen molar-refractivity contribution in [2.24, 2.45) is 0 Å². The van der Waals surface area contributed by atoms with Crippen LogP contribution >= 0.6 is 0 Å². The van der Waals surface area contributed by atoms with E-state index in [1.807, 2.05) is 6.07 Å². The van der Waals surface area contributed by atoms with E-state index in [0.29, 0.717) is 11.3 Å². The largest absolute Gasteiger partial charge is 0.454 e. The molecular weight excluding hydrogens is 156 g/mol. The Morgan fingerprint density at radius 3 is 2.83 bits per heavy atom. The second-order valence-corrected chi connectivity index (χ2v) is 2.59. The average molecular weight is 164 g/mol. The lowest BCUT2D eigenvalue weighted by Crippen LogP contribution is -2.26. The van der Waals surface area contributed by atoms with Crippen LogP contribution in [0.5, 0.6) is 5.75 Å². The maximum Gasteiger partial charge on any atom is 0.344 e. The first-order chi connectivity index (χ1) is 5.77. The van der Waals surface area contributed by atoms with Gasteiger partial charge in [-0.1, -0.05) is 12.1 Å². The van der Waals surface area contributed by atoms with Crippen molar-refractivity contribution in [3.63, 3.8) is 0 Å². The summed E-state index contributed by atoms with van der Waals surface area (Å²) in [4.78, 5) is 11.2. The summed E-state index contributed by atoms with van der Waals surface area (Å²) in [7, 11) is 0. The molecule has 12 heavy (non-hydrogen) atoms. The van der Waals surface area contributed by atoms with Crippen LogP contribution in [0.15, 0.2) is 24.3 Å². The van der Waals surface area contributed by atoms with Crippen molar-refractivity contribution in [2.75, 3.05) is 0 Å². The normalized spacial score (nSPS) is 20.8. The molecule has 0 aliphatic carbocycles. The van der Waals surface area contributed by atoms with Crippen molar-refractivity contribution in [3.8, 4) is 5.75 Å². The molecule has 3 nitrogen and oxygen atoms in total. The molecule has 1 unspecified atom stereocenters. The van der Waals surface area contributed by atoms with Crippen LogP contribution in [0.25, 0.3) is 0 Å². The van der Waals surface area contributed by atoms with E-state index in [2.05, 4.69) is 0 Å². The summed E-state index contributed by atoms with van der Waals surface area (Å²) < 4.78 is 10.1. The van der Waals surface area contributed by atoms with Crippen molar-refractivity contribution in [1.82, 2.24) is 0 Å². The number of esters is 1. The van der Waals surface area contributed by atoms with E-state index in [-0.39, 0.29) is 5.97 Å².